The Bertz CT molecular complexity index is 731. The van der Waals surface area contributed by atoms with Crippen molar-refractivity contribution < 1.29 is 4.79 Å². The number of carbonyl (C=O) groups is 1. The van der Waals surface area contributed by atoms with E-state index in [0.717, 1.165) is 36.2 Å². The summed E-state index contributed by atoms with van der Waals surface area (Å²) in [6.07, 6.45) is 2.02. The van der Waals surface area contributed by atoms with Crippen molar-refractivity contribution >= 4 is 51.8 Å². The number of carbonyl (C=O) groups excluding carboxylic acids is 1. The van der Waals surface area contributed by atoms with Crippen molar-refractivity contribution in [1.29, 1.82) is 0 Å². The predicted octanol–water partition coefficient (Wildman–Crippen LogP) is 3.37. The van der Waals surface area contributed by atoms with Crippen LogP contribution in [0.5, 0.6) is 0 Å². The Hall–Kier alpha value is -1.15. The van der Waals surface area contributed by atoms with Crippen LogP contribution in [0.15, 0.2) is 22.7 Å². The monoisotopic (exact) mass is 433 g/mol. The summed E-state index contributed by atoms with van der Waals surface area (Å²) in [4.78, 5) is 16.9. The summed E-state index contributed by atoms with van der Waals surface area (Å²) in [5, 5.41) is 10.9. The molecule has 1 amide bonds. The van der Waals surface area contributed by atoms with E-state index in [2.05, 4.69) is 36.6 Å². The number of aromatic nitrogens is 3. The van der Waals surface area contributed by atoms with Crippen LogP contribution in [0, 0.1) is 0 Å². The molecule has 0 saturated carbocycles. The summed E-state index contributed by atoms with van der Waals surface area (Å²) in [6.45, 7) is 1.94. The van der Waals surface area contributed by atoms with E-state index in [4.69, 9.17) is 11.6 Å². The lowest BCUT2D eigenvalue weighted by Gasteiger charge is -2.19. The minimum Gasteiger partial charge on any atom is -0.317 e. The second-order valence-electron chi connectivity index (χ2n) is 5.52. The van der Waals surface area contributed by atoms with Crippen LogP contribution >= 0.6 is 39.9 Å². The number of aryl methyl sites for hydroxylation is 1. The fraction of sp³-hybridized carbons (Fsp3) is 0.400. The Labute approximate surface area is 159 Å². The number of anilines is 1. The molecule has 0 unspecified atom stereocenters. The van der Waals surface area contributed by atoms with Crippen LogP contribution in [-0.4, -0.2) is 33.8 Å². The third-order valence-corrected chi connectivity index (χ3v) is 4.70. The normalized spacial score (nSPS) is 15.0. The molecule has 1 aromatic carbocycles. The highest BCUT2D eigenvalue weighted by molar-refractivity contribution is 9.10. The van der Waals surface area contributed by atoms with Crippen LogP contribution < -0.4 is 10.6 Å². The van der Waals surface area contributed by atoms with Crippen molar-refractivity contribution in [1.82, 2.24) is 20.1 Å². The van der Waals surface area contributed by atoms with Crippen LogP contribution in [0.4, 0.5) is 5.95 Å². The molecule has 0 spiro atoms. The minimum atomic E-state index is -0.302. The van der Waals surface area contributed by atoms with Gasteiger partial charge in [-0.1, -0.05) is 27.5 Å². The Kier molecular flexibility index (Phi) is 6.62. The van der Waals surface area contributed by atoms with Gasteiger partial charge in [0.15, 0.2) is 5.82 Å². The molecule has 1 saturated heterocycles. The number of piperidine rings is 1. The summed E-state index contributed by atoms with van der Waals surface area (Å²) < 4.78 is 2.39. The van der Waals surface area contributed by atoms with Crippen LogP contribution in [0.1, 0.15) is 34.9 Å². The number of hydrogen-bond acceptors (Lipinski definition) is 4. The van der Waals surface area contributed by atoms with Gasteiger partial charge in [-0.3, -0.25) is 10.1 Å². The Morgan fingerprint density at radius 3 is 2.83 bits per heavy atom. The summed E-state index contributed by atoms with van der Waals surface area (Å²) in [7, 11) is 1.77. The van der Waals surface area contributed by atoms with E-state index in [1.54, 1.807) is 29.9 Å². The van der Waals surface area contributed by atoms with Gasteiger partial charge in [-0.25, -0.2) is 4.68 Å². The molecule has 2 heterocycles. The Balaban J connectivity index is 0.00000208. The average Bonchev–Trinajstić information content (AvgIpc) is 2.91. The fourth-order valence-corrected chi connectivity index (χ4v) is 3.17. The zero-order valence-electron chi connectivity index (χ0n) is 13.1. The molecule has 1 aliphatic rings. The molecule has 24 heavy (non-hydrogen) atoms. The second-order valence-corrected chi connectivity index (χ2v) is 6.84. The molecule has 2 N–H and O–H groups in total. The van der Waals surface area contributed by atoms with Crippen molar-refractivity contribution in [3.8, 4) is 0 Å². The summed E-state index contributed by atoms with van der Waals surface area (Å²) in [5.74, 6) is 1.25. The lowest BCUT2D eigenvalue weighted by atomic mass is 9.98. The smallest absolute Gasteiger partial charge is 0.259 e. The van der Waals surface area contributed by atoms with Crippen LogP contribution in [0.2, 0.25) is 5.02 Å². The number of hydrogen-bond donors (Lipinski definition) is 2. The van der Waals surface area contributed by atoms with Gasteiger partial charge in [0, 0.05) is 17.4 Å². The van der Waals surface area contributed by atoms with Gasteiger partial charge in [0.05, 0.1) is 10.6 Å². The molecule has 3 rings (SSSR count). The number of rotatable bonds is 3. The highest BCUT2D eigenvalue weighted by Crippen LogP contribution is 2.24. The van der Waals surface area contributed by atoms with E-state index >= 15 is 0 Å². The number of amides is 1. The van der Waals surface area contributed by atoms with E-state index in [0.29, 0.717) is 22.5 Å². The molecule has 1 aromatic heterocycles. The maximum atomic E-state index is 12.4. The van der Waals surface area contributed by atoms with Crippen LogP contribution in [0.3, 0.4) is 0 Å². The molecule has 0 radical (unpaired) electrons. The molecular weight excluding hydrogens is 417 g/mol. The van der Waals surface area contributed by atoms with Crippen molar-refractivity contribution in [2.75, 3.05) is 18.4 Å². The van der Waals surface area contributed by atoms with E-state index in [9.17, 15) is 4.79 Å². The van der Waals surface area contributed by atoms with Gasteiger partial charge in [-0.15, -0.1) is 12.4 Å². The van der Waals surface area contributed by atoms with E-state index in [1.807, 2.05) is 0 Å². The third-order valence-electron chi connectivity index (χ3n) is 3.88. The van der Waals surface area contributed by atoms with Crippen molar-refractivity contribution in [2.45, 2.75) is 18.8 Å². The standard InChI is InChI=1S/C15H17BrClN5O.ClH/c1-22-15(19-13(21-22)9-4-6-18-7-5-9)20-14(23)11-8-10(16)2-3-12(11)17;/h2-3,8-9,18H,4-7H2,1H3,(H,19,20,21,23);1H. The second kappa shape index (κ2) is 8.29. The first-order valence-electron chi connectivity index (χ1n) is 7.42. The molecule has 2 aromatic rings. The number of nitrogens with one attached hydrogen (secondary N) is 2. The minimum absolute atomic E-state index is 0. The van der Waals surface area contributed by atoms with Crippen molar-refractivity contribution in [2.24, 2.45) is 7.05 Å². The Morgan fingerprint density at radius 2 is 2.12 bits per heavy atom. The van der Waals surface area contributed by atoms with Gasteiger partial charge < -0.3 is 5.32 Å². The molecule has 130 valence electrons. The fourth-order valence-electron chi connectivity index (χ4n) is 2.61. The summed E-state index contributed by atoms with van der Waals surface area (Å²) >= 11 is 9.44. The molecule has 0 aliphatic carbocycles. The molecule has 1 fully saturated rings. The first-order chi connectivity index (χ1) is 11.0. The van der Waals surface area contributed by atoms with E-state index in [1.165, 1.54) is 0 Å². The topological polar surface area (TPSA) is 71.8 Å². The molecule has 1 aliphatic heterocycles. The highest BCUT2D eigenvalue weighted by Gasteiger charge is 2.22. The number of nitrogens with zero attached hydrogens (tertiary/aromatic N) is 3. The lowest BCUT2D eigenvalue weighted by molar-refractivity contribution is 0.102. The quantitative estimate of drug-likeness (QED) is 0.776. The number of benzene rings is 1. The first-order valence-corrected chi connectivity index (χ1v) is 8.60. The van der Waals surface area contributed by atoms with Crippen molar-refractivity contribution in [3.05, 3.63) is 39.1 Å². The lowest BCUT2D eigenvalue weighted by Crippen LogP contribution is -2.27. The third kappa shape index (κ3) is 4.27. The van der Waals surface area contributed by atoms with Gasteiger partial charge in [0.1, 0.15) is 0 Å². The van der Waals surface area contributed by atoms with Gasteiger partial charge in [0.2, 0.25) is 5.95 Å². The largest absolute Gasteiger partial charge is 0.317 e. The Morgan fingerprint density at radius 1 is 1.42 bits per heavy atom. The van der Waals surface area contributed by atoms with E-state index < -0.39 is 0 Å². The van der Waals surface area contributed by atoms with Gasteiger partial charge >= 0.3 is 0 Å². The van der Waals surface area contributed by atoms with Gasteiger partial charge in [0.25, 0.3) is 5.91 Å². The van der Waals surface area contributed by atoms with Gasteiger partial charge in [-0.2, -0.15) is 10.1 Å². The maximum Gasteiger partial charge on any atom is 0.259 e. The van der Waals surface area contributed by atoms with Crippen molar-refractivity contribution in [3.63, 3.8) is 0 Å². The number of halogens is 3. The predicted molar refractivity (Wildman–Crippen MR) is 100 cm³/mol. The van der Waals surface area contributed by atoms with Crippen LogP contribution in [0.25, 0.3) is 0 Å². The first kappa shape index (κ1) is 19.2. The van der Waals surface area contributed by atoms with Crippen LogP contribution in [-0.2, 0) is 7.05 Å². The zero-order chi connectivity index (χ0) is 16.4. The zero-order valence-corrected chi connectivity index (χ0v) is 16.2. The molecule has 6 nitrogen and oxygen atoms in total. The molecule has 0 bridgehead atoms. The average molecular weight is 435 g/mol. The summed E-state index contributed by atoms with van der Waals surface area (Å²) in [5.41, 5.74) is 0.396. The molecular formula is C15H18BrCl2N5O. The van der Waals surface area contributed by atoms with E-state index in [-0.39, 0.29) is 18.3 Å². The molecule has 0 atom stereocenters. The summed E-state index contributed by atoms with van der Waals surface area (Å²) in [6, 6.07) is 5.15. The maximum absolute atomic E-state index is 12.4. The van der Waals surface area contributed by atoms with Gasteiger partial charge in [-0.05, 0) is 44.1 Å². The highest BCUT2D eigenvalue weighted by atomic mass is 79.9. The molecule has 9 heteroatoms. The SMILES string of the molecule is Cl.Cn1nc(C2CCNCC2)nc1NC(=O)c1cc(Br)ccc1Cl.